The van der Waals surface area contributed by atoms with Crippen LogP contribution in [-0.2, 0) is 0 Å². The van der Waals surface area contributed by atoms with E-state index in [0.29, 0.717) is 12.5 Å². The lowest BCUT2D eigenvalue weighted by Gasteiger charge is -2.28. The Morgan fingerprint density at radius 1 is 1.36 bits per heavy atom. The molecular formula is C18H28F2N4O. The summed E-state index contributed by atoms with van der Waals surface area (Å²) in [5, 5.41) is 6.37. The van der Waals surface area contributed by atoms with E-state index in [1.165, 1.54) is 25.0 Å². The topological polar surface area (TPSA) is 48.9 Å². The number of likely N-dealkylation sites (tertiary alicyclic amines) is 1. The van der Waals surface area contributed by atoms with Crippen LogP contribution in [0.25, 0.3) is 0 Å². The van der Waals surface area contributed by atoms with Crippen LogP contribution in [0, 0.1) is 17.6 Å². The van der Waals surface area contributed by atoms with Crippen molar-refractivity contribution < 1.29 is 13.5 Å². The molecule has 1 fully saturated rings. The van der Waals surface area contributed by atoms with Crippen LogP contribution in [0.1, 0.15) is 19.8 Å². The van der Waals surface area contributed by atoms with Gasteiger partial charge in [0.05, 0.1) is 6.54 Å². The average molecular weight is 354 g/mol. The fraction of sp³-hybridized carbons (Fsp3) is 0.611. The third kappa shape index (κ3) is 6.86. The fourth-order valence-corrected chi connectivity index (χ4v) is 2.91. The highest BCUT2D eigenvalue weighted by Gasteiger charge is 2.16. The predicted molar refractivity (Wildman–Crippen MR) is 96.1 cm³/mol. The largest absolute Gasteiger partial charge is 0.489 e. The SMILES string of the molecule is CCNC(=NCC1CCCN(C)C1)NCCOc1ccc(F)cc1F. The quantitative estimate of drug-likeness (QED) is 0.448. The van der Waals surface area contributed by atoms with E-state index in [-0.39, 0.29) is 12.4 Å². The van der Waals surface area contributed by atoms with Crippen molar-refractivity contribution in [2.24, 2.45) is 10.9 Å². The van der Waals surface area contributed by atoms with Gasteiger partial charge in [0, 0.05) is 25.7 Å². The standard InChI is InChI=1S/C18H28F2N4O/c1-3-21-18(23-12-14-5-4-9-24(2)13-14)22-8-10-25-17-7-6-15(19)11-16(17)20/h6-7,11,14H,3-5,8-10,12-13H2,1-2H3,(H2,21,22,23). The zero-order valence-corrected chi connectivity index (χ0v) is 15.0. The molecule has 0 radical (unpaired) electrons. The van der Waals surface area contributed by atoms with Gasteiger partial charge >= 0.3 is 0 Å². The number of benzene rings is 1. The van der Waals surface area contributed by atoms with Gasteiger partial charge in [-0.05, 0) is 51.4 Å². The lowest BCUT2D eigenvalue weighted by Crippen LogP contribution is -2.40. The first-order valence-electron chi connectivity index (χ1n) is 8.87. The summed E-state index contributed by atoms with van der Waals surface area (Å²) >= 11 is 0. The Labute approximate surface area is 148 Å². The maximum Gasteiger partial charge on any atom is 0.191 e. The summed E-state index contributed by atoms with van der Waals surface area (Å²) < 4.78 is 31.7. The van der Waals surface area contributed by atoms with Crippen molar-refractivity contribution in [3.05, 3.63) is 29.8 Å². The van der Waals surface area contributed by atoms with Gasteiger partial charge in [-0.3, -0.25) is 4.99 Å². The summed E-state index contributed by atoms with van der Waals surface area (Å²) in [5.74, 6) is 0.0629. The molecule has 2 rings (SSSR count). The van der Waals surface area contributed by atoms with Crippen molar-refractivity contribution >= 4 is 5.96 Å². The van der Waals surface area contributed by atoms with Gasteiger partial charge in [0.25, 0.3) is 0 Å². The van der Waals surface area contributed by atoms with Crippen LogP contribution in [0.4, 0.5) is 8.78 Å². The Kier molecular flexibility index (Phi) is 7.91. The van der Waals surface area contributed by atoms with Crippen molar-refractivity contribution in [1.29, 1.82) is 0 Å². The van der Waals surface area contributed by atoms with E-state index in [9.17, 15) is 8.78 Å². The smallest absolute Gasteiger partial charge is 0.191 e. The first-order valence-corrected chi connectivity index (χ1v) is 8.87. The summed E-state index contributed by atoms with van der Waals surface area (Å²) in [7, 11) is 2.14. The van der Waals surface area contributed by atoms with Crippen LogP contribution in [0.5, 0.6) is 5.75 Å². The average Bonchev–Trinajstić information content (AvgIpc) is 2.58. The number of guanidine groups is 1. The minimum absolute atomic E-state index is 0.0513. The van der Waals surface area contributed by atoms with Crippen molar-refractivity contribution in [3.8, 4) is 5.75 Å². The molecule has 25 heavy (non-hydrogen) atoms. The van der Waals surface area contributed by atoms with Crippen molar-refractivity contribution in [3.63, 3.8) is 0 Å². The van der Waals surface area contributed by atoms with Crippen molar-refractivity contribution in [2.45, 2.75) is 19.8 Å². The molecule has 7 heteroatoms. The normalized spacial score (nSPS) is 18.9. The van der Waals surface area contributed by atoms with Gasteiger partial charge in [-0.25, -0.2) is 8.78 Å². The Morgan fingerprint density at radius 2 is 2.20 bits per heavy atom. The van der Waals surface area contributed by atoms with Gasteiger partial charge in [0.1, 0.15) is 12.4 Å². The summed E-state index contributed by atoms with van der Waals surface area (Å²) in [6.45, 7) is 6.55. The molecule has 1 aromatic carbocycles. The number of nitrogens with one attached hydrogen (secondary N) is 2. The Balaban J connectivity index is 1.75. The van der Waals surface area contributed by atoms with E-state index >= 15 is 0 Å². The Hall–Kier alpha value is -1.89. The Bertz CT molecular complexity index is 568. The zero-order chi connectivity index (χ0) is 18.1. The van der Waals surface area contributed by atoms with Crippen LogP contribution in [-0.4, -0.2) is 57.2 Å². The van der Waals surface area contributed by atoms with E-state index in [0.717, 1.165) is 38.2 Å². The first-order chi connectivity index (χ1) is 12.1. The molecule has 0 bridgehead atoms. The van der Waals surface area contributed by atoms with Gasteiger partial charge in [-0.2, -0.15) is 0 Å². The number of aliphatic imine (C=N–C) groups is 1. The van der Waals surface area contributed by atoms with Crippen LogP contribution < -0.4 is 15.4 Å². The minimum atomic E-state index is -0.693. The molecule has 1 aliphatic heterocycles. The summed E-state index contributed by atoms with van der Waals surface area (Å²) in [4.78, 5) is 6.98. The van der Waals surface area contributed by atoms with E-state index in [2.05, 4.69) is 27.6 Å². The molecule has 140 valence electrons. The van der Waals surface area contributed by atoms with E-state index in [4.69, 9.17) is 4.74 Å². The van der Waals surface area contributed by atoms with E-state index in [1.807, 2.05) is 6.92 Å². The lowest BCUT2D eigenvalue weighted by molar-refractivity contribution is 0.214. The van der Waals surface area contributed by atoms with Crippen molar-refractivity contribution in [1.82, 2.24) is 15.5 Å². The molecule has 1 heterocycles. The lowest BCUT2D eigenvalue weighted by atomic mass is 9.99. The van der Waals surface area contributed by atoms with Crippen molar-refractivity contribution in [2.75, 3.05) is 46.4 Å². The number of rotatable bonds is 7. The zero-order valence-electron chi connectivity index (χ0n) is 15.0. The summed E-state index contributed by atoms with van der Waals surface area (Å²) in [6, 6.07) is 3.29. The number of halogens is 2. The third-order valence-electron chi connectivity index (χ3n) is 4.12. The van der Waals surface area contributed by atoms with Crippen LogP contribution in [0.2, 0.25) is 0 Å². The second-order valence-corrected chi connectivity index (χ2v) is 6.34. The molecule has 0 spiro atoms. The monoisotopic (exact) mass is 354 g/mol. The fourth-order valence-electron chi connectivity index (χ4n) is 2.91. The molecule has 5 nitrogen and oxygen atoms in total. The molecule has 2 N–H and O–H groups in total. The predicted octanol–water partition coefficient (Wildman–Crippen LogP) is 2.24. The van der Waals surface area contributed by atoms with Gasteiger partial charge in [-0.1, -0.05) is 0 Å². The number of hydrogen-bond donors (Lipinski definition) is 2. The molecule has 1 aromatic rings. The van der Waals surface area contributed by atoms with Crippen LogP contribution >= 0.6 is 0 Å². The number of hydrogen-bond acceptors (Lipinski definition) is 3. The van der Waals surface area contributed by atoms with E-state index < -0.39 is 11.6 Å². The highest BCUT2D eigenvalue weighted by atomic mass is 19.1. The molecule has 0 aromatic heterocycles. The van der Waals surface area contributed by atoms with Gasteiger partial charge in [0.15, 0.2) is 17.5 Å². The molecule has 0 saturated carbocycles. The molecule has 1 saturated heterocycles. The van der Waals surface area contributed by atoms with Crippen LogP contribution in [0.15, 0.2) is 23.2 Å². The third-order valence-corrected chi connectivity index (χ3v) is 4.12. The Morgan fingerprint density at radius 3 is 2.92 bits per heavy atom. The number of nitrogens with zero attached hydrogens (tertiary/aromatic N) is 2. The second-order valence-electron chi connectivity index (χ2n) is 6.34. The molecular weight excluding hydrogens is 326 g/mol. The van der Waals surface area contributed by atoms with Gasteiger partial charge in [-0.15, -0.1) is 0 Å². The molecule has 1 aliphatic rings. The summed E-state index contributed by atoms with van der Waals surface area (Å²) in [6.07, 6.45) is 2.43. The molecule has 0 amide bonds. The summed E-state index contributed by atoms with van der Waals surface area (Å²) in [5.41, 5.74) is 0. The van der Waals surface area contributed by atoms with Gasteiger partial charge < -0.3 is 20.3 Å². The maximum atomic E-state index is 13.5. The molecule has 1 unspecified atom stereocenters. The first kappa shape index (κ1) is 19.4. The van der Waals surface area contributed by atoms with Gasteiger partial charge in [0.2, 0.25) is 0 Å². The number of ether oxygens (including phenoxy) is 1. The molecule has 1 atom stereocenters. The highest BCUT2D eigenvalue weighted by molar-refractivity contribution is 5.79. The second kappa shape index (κ2) is 10.2. The molecule has 0 aliphatic carbocycles. The highest BCUT2D eigenvalue weighted by Crippen LogP contribution is 2.17. The van der Waals surface area contributed by atoms with Crippen LogP contribution in [0.3, 0.4) is 0 Å². The number of piperidine rings is 1. The minimum Gasteiger partial charge on any atom is -0.489 e. The van der Waals surface area contributed by atoms with E-state index in [1.54, 1.807) is 0 Å². The maximum absolute atomic E-state index is 13.5.